The van der Waals surface area contributed by atoms with Crippen molar-refractivity contribution in [3.05, 3.63) is 34.6 Å². The Morgan fingerprint density at radius 1 is 1.50 bits per heavy atom. The van der Waals surface area contributed by atoms with Crippen LogP contribution in [-0.2, 0) is 4.74 Å². The Hall–Kier alpha value is -1.37. The second-order valence-corrected chi connectivity index (χ2v) is 7.64. The predicted octanol–water partition coefficient (Wildman–Crippen LogP) is 2.95. The maximum absolute atomic E-state index is 14.5. The minimum absolute atomic E-state index is 0.0925. The van der Waals surface area contributed by atoms with Crippen LogP contribution in [0.5, 0.6) is 0 Å². The van der Waals surface area contributed by atoms with Crippen molar-refractivity contribution >= 4 is 17.6 Å². The highest BCUT2D eigenvalue weighted by molar-refractivity contribution is 6.31. The zero-order valence-electron chi connectivity index (χ0n) is 15.3. The maximum atomic E-state index is 14.5. The lowest BCUT2D eigenvalue weighted by atomic mass is 9.85. The molecule has 3 rings (SSSR count). The lowest BCUT2D eigenvalue weighted by molar-refractivity contribution is -0.0336. The number of hydrogen-bond acceptors (Lipinski definition) is 3. The molecule has 3 N–H and O–H groups in total. The average Bonchev–Trinajstić information content (AvgIpc) is 2.56. The van der Waals surface area contributed by atoms with Crippen LogP contribution in [0.15, 0.2) is 23.2 Å². The van der Waals surface area contributed by atoms with E-state index in [1.807, 2.05) is 6.92 Å². The average molecular weight is 383 g/mol. The van der Waals surface area contributed by atoms with Crippen molar-refractivity contribution in [2.24, 2.45) is 16.6 Å². The van der Waals surface area contributed by atoms with Crippen LogP contribution in [0.3, 0.4) is 0 Å². The first kappa shape index (κ1) is 19.4. The van der Waals surface area contributed by atoms with E-state index in [0.29, 0.717) is 48.7 Å². The van der Waals surface area contributed by atoms with E-state index in [-0.39, 0.29) is 18.0 Å². The molecule has 1 saturated carbocycles. The second kappa shape index (κ2) is 9.02. The molecular formula is C19H28ClFN4O. The van der Waals surface area contributed by atoms with Gasteiger partial charge in [0, 0.05) is 30.2 Å². The third-order valence-electron chi connectivity index (χ3n) is 5.28. The van der Waals surface area contributed by atoms with Gasteiger partial charge in [-0.05, 0) is 37.8 Å². The summed E-state index contributed by atoms with van der Waals surface area (Å²) in [6.07, 6.45) is 3.89. The fourth-order valence-electron chi connectivity index (χ4n) is 3.53. The number of nitrogens with two attached hydrogens (primary N) is 1. The first-order valence-corrected chi connectivity index (χ1v) is 9.75. The maximum Gasteiger partial charge on any atom is 0.188 e. The Morgan fingerprint density at radius 2 is 2.31 bits per heavy atom. The van der Waals surface area contributed by atoms with E-state index in [4.69, 9.17) is 22.1 Å². The van der Waals surface area contributed by atoms with Gasteiger partial charge in [-0.25, -0.2) is 4.39 Å². The minimum atomic E-state index is -0.308. The molecule has 1 aliphatic carbocycles. The molecule has 2 unspecified atom stereocenters. The lowest BCUT2D eigenvalue weighted by Gasteiger charge is -2.37. The third-order valence-corrected chi connectivity index (χ3v) is 5.61. The molecule has 26 heavy (non-hydrogen) atoms. The quantitative estimate of drug-likeness (QED) is 0.586. The smallest absolute Gasteiger partial charge is 0.188 e. The number of rotatable bonds is 6. The standard InChI is InChI=1S/C19H28ClFN4O/c1-13-12-25(8-9-26-13)17(18-15(20)6-3-7-16(18)21)11-24-19(22)23-10-14-4-2-5-14/h3,6-7,13-14,17H,2,4-5,8-12H2,1H3,(H3,22,23,24). The molecule has 0 amide bonds. The molecular weight excluding hydrogens is 355 g/mol. The summed E-state index contributed by atoms with van der Waals surface area (Å²) in [4.78, 5) is 6.67. The van der Waals surface area contributed by atoms with Crippen molar-refractivity contribution in [3.63, 3.8) is 0 Å². The van der Waals surface area contributed by atoms with Crippen molar-refractivity contribution in [1.29, 1.82) is 0 Å². The summed E-state index contributed by atoms with van der Waals surface area (Å²) in [6.45, 7) is 5.27. The molecule has 2 fully saturated rings. The van der Waals surface area contributed by atoms with Crippen molar-refractivity contribution in [2.75, 3.05) is 32.8 Å². The Labute approximate surface area is 159 Å². The molecule has 1 aromatic rings. The van der Waals surface area contributed by atoms with Gasteiger partial charge >= 0.3 is 0 Å². The van der Waals surface area contributed by atoms with Gasteiger partial charge in [0.2, 0.25) is 0 Å². The first-order valence-electron chi connectivity index (χ1n) is 9.38. The van der Waals surface area contributed by atoms with Gasteiger partial charge in [-0.15, -0.1) is 0 Å². The molecule has 2 aliphatic rings. The number of halogens is 2. The van der Waals surface area contributed by atoms with Crippen LogP contribution in [0.2, 0.25) is 5.02 Å². The number of benzene rings is 1. The van der Waals surface area contributed by atoms with Gasteiger partial charge in [0.25, 0.3) is 0 Å². The summed E-state index contributed by atoms with van der Waals surface area (Å²) in [6, 6.07) is 4.52. The van der Waals surface area contributed by atoms with Crippen LogP contribution >= 0.6 is 11.6 Å². The second-order valence-electron chi connectivity index (χ2n) is 7.23. The fraction of sp³-hybridized carbons (Fsp3) is 0.632. The van der Waals surface area contributed by atoms with Crippen molar-refractivity contribution in [1.82, 2.24) is 10.2 Å². The zero-order valence-corrected chi connectivity index (χ0v) is 16.0. The highest BCUT2D eigenvalue weighted by Gasteiger charge is 2.29. The van der Waals surface area contributed by atoms with Gasteiger partial charge in [0.1, 0.15) is 5.82 Å². The molecule has 0 spiro atoms. The SMILES string of the molecule is CC1CN(C(CN=C(N)NCC2CCC2)c2c(F)cccc2Cl)CCO1. The molecule has 7 heteroatoms. The van der Waals surface area contributed by atoms with Crippen LogP contribution in [0.25, 0.3) is 0 Å². The van der Waals surface area contributed by atoms with E-state index in [9.17, 15) is 4.39 Å². The van der Waals surface area contributed by atoms with Gasteiger partial charge in [-0.3, -0.25) is 9.89 Å². The number of hydrogen-bond donors (Lipinski definition) is 2. The number of morpholine rings is 1. The summed E-state index contributed by atoms with van der Waals surface area (Å²) in [5, 5.41) is 3.61. The van der Waals surface area contributed by atoms with Crippen LogP contribution in [0.1, 0.15) is 37.8 Å². The van der Waals surface area contributed by atoms with Gasteiger partial charge in [0.15, 0.2) is 5.96 Å². The third kappa shape index (κ3) is 4.87. The Balaban J connectivity index is 1.74. The highest BCUT2D eigenvalue weighted by atomic mass is 35.5. The molecule has 1 heterocycles. The van der Waals surface area contributed by atoms with Crippen LogP contribution < -0.4 is 11.1 Å². The molecule has 1 aromatic carbocycles. The first-order chi connectivity index (χ1) is 12.5. The summed E-state index contributed by atoms with van der Waals surface area (Å²) in [7, 11) is 0. The topological polar surface area (TPSA) is 62.9 Å². The van der Waals surface area contributed by atoms with E-state index in [1.165, 1.54) is 25.3 Å². The van der Waals surface area contributed by atoms with Gasteiger partial charge in [0.05, 0.1) is 25.3 Å². The van der Waals surface area contributed by atoms with Crippen LogP contribution in [0.4, 0.5) is 4.39 Å². The Morgan fingerprint density at radius 3 is 2.96 bits per heavy atom. The van der Waals surface area contributed by atoms with Gasteiger partial charge in [-0.1, -0.05) is 24.1 Å². The fourth-order valence-corrected chi connectivity index (χ4v) is 3.82. The molecule has 1 saturated heterocycles. The number of ether oxygens (including phenoxy) is 1. The largest absolute Gasteiger partial charge is 0.376 e. The number of aliphatic imine (C=N–C) groups is 1. The van der Waals surface area contributed by atoms with E-state index in [0.717, 1.165) is 6.54 Å². The molecule has 0 radical (unpaired) electrons. The van der Waals surface area contributed by atoms with Crippen LogP contribution in [0, 0.1) is 11.7 Å². The Kier molecular flexibility index (Phi) is 6.73. The molecule has 0 aromatic heterocycles. The summed E-state index contributed by atoms with van der Waals surface area (Å²) in [5.74, 6) is 0.800. The predicted molar refractivity (Wildman–Crippen MR) is 103 cm³/mol. The van der Waals surface area contributed by atoms with E-state index >= 15 is 0 Å². The van der Waals surface area contributed by atoms with Crippen LogP contribution in [-0.4, -0.2) is 49.7 Å². The molecule has 2 atom stereocenters. The van der Waals surface area contributed by atoms with E-state index in [1.54, 1.807) is 12.1 Å². The molecule has 144 valence electrons. The monoisotopic (exact) mass is 382 g/mol. The zero-order chi connectivity index (χ0) is 18.5. The summed E-state index contributed by atoms with van der Waals surface area (Å²) in [5.41, 5.74) is 6.51. The summed E-state index contributed by atoms with van der Waals surface area (Å²) < 4.78 is 20.2. The number of nitrogens with one attached hydrogen (secondary N) is 1. The normalized spacial score (nSPS) is 23.5. The minimum Gasteiger partial charge on any atom is -0.376 e. The van der Waals surface area contributed by atoms with Crippen molar-refractivity contribution < 1.29 is 9.13 Å². The van der Waals surface area contributed by atoms with E-state index in [2.05, 4.69) is 15.2 Å². The molecule has 0 bridgehead atoms. The number of nitrogens with zero attached hydrogens (tertiary/aromatic N) is 2. The number of guanidine groups is 1. The van der Waals surface area contributed by atoms with Gasteiger partial charge in [-0.2, -0.15) is 0 Å². The Bertz CT molecular complexity index is 618. The van der Waals surface area contributed by atoms with Crippen molar-refractivity contribution in [3.8, 4) is 0 Å². The molecule has 1 aliphatic heterocycles. The summed E-state index contributed by atoms with van der Waals surface area (Å²) >= 11 is 6.33. The van der Waals surface area contributed by atoms with Crippen molar-refractivity contribution in [2.45, 2.75) is 38.3 Å². The van der Waals surface area contributed by atoms with Gasteiger partial charge < -0.3 is 15.8 Å². The molecule has 5 nitrogen and oxygen atoms in total. The lowest BCUT2D eigenvalue weighted by Crippen LogP contribution is -2.45. The highest BCUT2D eigenvalue weighted by Crippen LogP contribution is 2.31. The van der Waals surface area contributed by atoms with E-state index < -0.39 is 0 Å².